The second kappa shape index (κ2) is 4.95. The predicted octanol–water partition coefficient (Wildman–Crippen LogP) is 0.610. The Labute approximate surface area is 99.8 Å². The zero-order valence-corrected chi connectivity index (χ0v) is 9.77. The van der Waals surface area contributed by atoms with Crippen molar-refractivity contribution in [2.45, 2.75) is 13.3 Å². The van der Waals surface area contributed by atoms with Crippen molar-refractivity contribution in [1.29, 1.82) is 0 Å². The van der Waals surface area contributed by atoms with E-state index in [-0.39, 0.29) is 11.7 Å². The first-order valence-corrected chi connectivity index (χ1v) is 5.65. The van der Waals surface area contributed by atoms with Crippen molar-refractivity contribution in [3.05, 3.63) is 23.9 Å². The zero-order valence-electron chi connectivity index (χ0n) is 9.77. The van der Waals surface area contributed by atoms with E-state index in [4.69, 9.17) is 0 Å². The first kappa shape index (κ1) is 11.6. The molecule has 1 saturated heterocycles. The molecule has 2 rings (SSSR count). The smallest absolute Gasteiger partial charge is 0.239 e. The third kappa shape index (κ3) is 2.81. The summed E-state index contributed by atoms with van der Waals surface area (Å²) in [5.41, 5.74) is 0.625. The average Bonchev–Trinajstić information content (AvgIpc) is 2.54. The third-order valence-electron chi connectivity index (χ3n) is 2.74. The van der Waals surface area contributed by atoms with Crippen molar-refractivity contribution >= 4 is 17.5 Å². The van der Waals surface area contributed by atoms with Crippen LogP contribution in [0.5, 0.6) is 0 Å². The third-order valence-corrected chi connectivity index (χ3v) is 2.74. The number of nitrogens with zero attached hydrogens (tertiary/aromatic N) is 2. The van der Waals surface area contributed by atoms with Gasteiger partial charge in [-0.05, 0) is 25.5 Å². The Morgan fingerprint density at radius 3 is 3.12 bits per heavy atom. The van der Waals surface area contributed by atoms with E-state index in [1.54, 1.807) is 18.3 Å². The molecule has 0 aliphatic carbocycles. The van der Waals surface area contributed by atoms with Crippen LogP contribution < -0.4 is 10.2 Å². The summed E-state index contributed by atoms with van der Waals surface area (Å²) < 4.78 is 0. The highest BCUT2D eigenvalue weighted by Crippen LogP contribution is 2.14. The molecule has 0 unspecified atom stereocenters. The normalized spacial score (nSPS) is 16.3. The average molecular weight is 233 g/mol. The minimum absolute atomic E-state index is 0.00229. The molecule has 0 bridgehead atoms. The lowest BCUT2D eigenvalue weighted by Crippen LogP contribution is -2.33. The number of hydrogen-bond acceptors (Lipinski definition) is 4. The molecular formula is C12H15N3O2. The van der Waals surface area contributed by atoms with E-state index in [1.165, 1.54) is 6.92 Å². The van der Waals surface area contributed by atoms with E-state index in [9.17, 15) is 9.59 Å². The second-order valence-electron chi connectivity index (χ2n) is 4.08. The van der Waals surface area contributed by atoms with Gasteiger partial charge in [-0.25, -0.2) is 4.98 Å². The van der Waals surface area contributed by atoms with Gasteiger partial charge in [0.15, 0.2) is 5.78 Å². The van der Waals surface area contributed by atoms with Crippen molar-refractivity contribution in [3.8, 4) is 0 Å². The van der Waals surface area contributed by atoms with Gasteiger partial charge in [0, 0.05) is 24.8 Å². The number of carbonyl (C=O) groups excluding carboxylic acids is 2. The molecule has 0 spiro atoms. The van der Waals surface area contributed by atoms with Gasteiger partial charge in [-0.15, -0.1) is 0 Å². The molecule has 0 saturated carbocycles. The predicted molar refractivity (Wildman–Crippen MR) is 64.1 cm³/mol. The fourth-order valence-corrected chi connectivity index (χ4v) is 1.81. The number of nitrogens with one attached hydrogen (secondary N) is 1. The summed E-state index contributed by atoms with van der Waals surface area (Å²) in [6.07, 6.45) is 2.49. The number of carbonyl (C=O) groups is 2. The van der Waals surface area contributed by atoms with Crippen LogP contribution in [-0.2, 0) is 4.79 Å². The van der Waals surface area contributed by atoms with Crippen LogP contribution in [0.4, 0.5) is 5.82 Å². The highest BCUT2D eigenvalue weighted by molar-refractivity contribution is 5.94. The molecule has 1 N–H and O–H groups in total. The van der Waals surface area contributed by atoms with Crippen LogP contribution in [0.2, 0.25) is 0 Å². The van der Waals surface area contributed by atoms with Gasteiger partial charge >= 0.3 is 0 Å². The van der Waals surface area contributed by atoms with Crippen LogP contribution in [0.15, 0.2) is 18.3 Å². The molecule has 1 fully saturated rings. The molecule has 2 heterocycles. The maximum absolute atomic E-state index is 11.4. The van der Waals surface area contributed by atoms with Gasteiger partial charge in [0.25, 0.3) is 0 Å². The monoisotopic (exact) mass is 233 g/mol. The molecule has 1 aromatic rings. The van der Waals surface area contributed by atoms with Gasteiger partial charge in [0.2, 0.25) is 5.91 Å². The van der Waals surface area contributed by atoms with Crippen molar-refractivity contribution in [2.75, 3.05) is 24.5 Å². The quantitative estimate of drug-likeness (QED) is 0.760. The summed E-state index contributed by atoms with van der Waals surface area (Å²) in [6, 6.07) is 3.42. The van der Waals surface area contributed by atoms with Crippen molar-refractivity contribution in [3.63, 3.8) is 0 Å². The molecular weight excluding hydrogens is 218 g/mol. The number of aromatic nitrogens is 1. The summed E-state index contributed by atoms with van der Waals surface area (Å²) in [5, 5.41) is 2.81. The van der Waals surface area contributed by atoms with E-state index < -0.39 is 0 Å². The summed E-state index contributed by atoms with van der Waals surface area (Å²) in [4.78, 5) is 28.8. The van der Waals surface area contributed by atoms with E-state index in [0.29, 0.717) is 24.5 Å². The number of Topliss-reactive ketones (excluding diaryl/α,β-unsaturated/α-hetero) is 1. The number of amides is 1. The highest BCUT2D eigenvalue weighted by atomic mass is 16.2. The fraction of sp³-hybridized carbons (Fsp3) is 0.417. The number of ketones is 1. The van der Waals surface area contributed by atoms with Gasteiger partial charge in [-0.2, -0.15) is 0 Å². The lowest BCUT2D eigenvalue weighted by Gasteiger charge is -2.20. The Bertz CT molecular complexity index is 445. The molecule has 1 aromatic heterocycles. The molecule has 1 aliphatic rings. The fourth-order valence-electron chi connectivity index (χ4n) is 1.81. The van der Waals surface area contributed by atoms with E-state index in [1.807, 2.05) is 4.90 Å². The summed E-state index contributed by atoms with van der Waals surface area (Å²) >= 11 is 0. The molecule has 0 aromatic carbocycles. The highest BCUT2D eigenvalue weighted by Gasteiger charge is 2.16. The Balaban J connectivity index is 2.23. The molecule has 0 atom stereocenters. The minimum Gasteiger partial charge on any atom is -0.354 e. The number of rotatable bonds is 2. The maximum atomic E-state index is 11.4. The number of anilines is 1. The molecule has 1 aliphatic heterocycles. The van der Waals surface area contributed by atoms with Gasteiger partial charge < -0.3 is 10.2 Å². The SMILES string of the molecule is CC(=O)c1ccnc(N2CCCNC(=O)C2)c1. The summed E-state index contributed by atoms with van der Waals surface area (Å²) in [6.45, 7) is 3.29. The van der Waals surface area contributed by atoms with Gasteiger partial charge in [0.05, 0.1) is 6.54 Å². The molecule has 0 radical (unpaired) electrons. The van der Waals surface area contributed by atoms with Crippen molar-refractivity contribution in [2.24, 2.45) is 0 Å². The standard InChI is InChI=1S/C12H15N3O2/c1-9(16)10-3-5-13-11(7-10)15-6-2-4-14-12(17)8-15/h3,5,7H,2,4,6,8H2,1H3,(H,14,17). The largest absolute Gasteiger partial charge is 0.354 e. The summed E-state index contributed by atoms with van der Waals surface area (Å²) in [7, 11) is 0. The number of hydrogen-bond donors (Lipinski definition) is 1. The Hall–Kier alpha value is -1.91. The lowest BCUT2D eigenvalue weighted by molar-refractivity contribution is -0.119. The molecule has 90 valence electrons. The topological polar surface area (TPSA) is 62.3 Å². The first-order chi connectivity index (χ1) is 8.16. The van der Waals surface area contributed by atoms with Crippen LogP contribution in [0.25, 0.3) is 0 Å². The van der Waals surface area contributed by atoms with Crippen LogP contribution in [0.3, 0.4) is 0 Å². The van der Waals surface area contributed by atoms with Crippen LogP contribution >= 0.6 is 0 Å². The first-order valence-electron chi connectivity index (χ1n) is 5.65. The molecule has 1 amide bonds. The number of pyridine rings is 1. The van der Waals surface area contributed by atoms with Crippen LogP contribution in [0.1, 0.15) is 23.7 Å². The molecule has 5 heteroatoms. The molecule has 5 nitrogen and oxygen atoms in total. The van der Waals surface area contributed by atoms with Crippen molar-refractivity contribution < 1.29 is 9.59 Å². The van der Waals surface area contributed by atoms with Crippen LogP contribution in [0, 0.1) is 0 Å². The molecule has 17 heavy (non-hydrogen) atoms. The van der Waals surface area contributed by atoms with Crippen LogP contribution in [-0.4, -0.2) is 36.3 Å². The Morgan fingerprint density at radius 2 is 2.35 bits per heavy atom. The Kier molecular flexibility index (Phi) is 3.37. The maximum Gasteiger partial charge on any atom is 0.239 e. The van der Waals surface area contributed by atoms with Crippen molar-refractivity contribution in [1.82, 2.24) is 10.3 Å². The van der Waals surface area contributed by atoms with Gasteiger partial charge in [-0.3, -0.25) is 9.59 Å². The van der Waals surface area contributed by atoms with Gasteiger partial charge in [-0.1, -0.05) is 0 Å². The second-order valence-corrected chi connectivity index (χ2v) is 4.08. The zero-order chi connectivity index (χ0) is 12.3. The van der Waals surface area contributed by atoms with E-state index in [0.717, 1.165) is 13.0 Å². The minimum atomic E-state index is -0.00229. The van der Waals surface area contributed by atoms with E-state index in [2.05, 4.69) is 10.3 Å². The van der Waals surface area contributed by atoms with E-state index >= 15 is 0 Å². The Morgan fingerprint density at radius 1 is 1.53 bits per heavy atom. The summed E-state index contributed by atoms with van der Waals surface area (Å²) in [5.74, 6) is 0.695. The van der Waals surface area contributed by atoms with Gasteiger partial charge in [0.1, 0.15) is 5.82 Å². The lowest BCUT2D eigenvalue weighted by atomic mass is 10.2.